The molecule has 0 unspecified atom stereocenters. The fourth-order valence-corrected chi connectivity index (χ4v) is 4.03. The highest BCUT2D eigenvalue weighted by atomic mass is 32.2. The Kier molecular flexibility index (Phi) is 5.34. The molecule has 0 amide bonds. The lowest BCUT2D eigenvalue weighted by Crippen LogP contribution is -2.26. The minimum Gasteiger partial charge on any atom is -0.497 e. The average Bonchev–Trinajstić information content (AvgIpc) is 2.92. The van der Waals surface area contributed by atoms with Gasteiger partial charge in [-0.15, -0.1) is 0 Å². The van der Waals surface area contributed by atoms with Crippen molar-refractivity contribution in [2.45, 2.75) is 19.9 Å². The molecule has 3 aromatic rings. The van der Waals surface area contributed by atoms with Crippen molar-refractivity contribution in [1.82, 2.24) is 9.29 Å². The van der Waals surface area contributed by atoms with Crippen LogP contribution in [0.15, 0.2) is 48.5 Å². The van der Waals surface area contributed by atoms with Crippen LogP contribution in [-0.2, 0) is 30.0 Å². The molecule has 0 atom stereocenters. The number of hydrogen-bond acceptors (Lipinski definition) is 3. The molecule has 0 aliphatic heterocycles. The third-order valence-electron chi connectivity index (χ3n) is 4.64. The van der Waals surface area contributed by atoms with Crippen LogP contribution in [0.3, 0.4) is 0 Å². The van der Waals surface area contributed by atoms with Crippen LogP contribution in [0.5, 0.6) is 5.75 Å². The number of benzene rings is 2. The second-order valence-corrected chi connectivity index (χ2v) is 8.41. The Morgan fingerprint density at radius 2 is 1.88 bits per heavy atom. The summed E-state index contributed by atoms with van der Waals surface area (Å²) >= 11 is 0. The highest BCUT2D eigenvalue weighted by Gasteiger charge is 2.11. The molecule has 0 radical (unpaired) electrons. The summed E-state index contributed by atoms with van der Waals surface area (Å²) in [7, 11) is 0.276. The first-order valence-corrected chi connectivity index (χ1v) is 10.2. The van der Waals surface area contributed by atoms with Gasteiger partial charge in [-0.1, -0.05) is 18.2 Å². The second-order valence-electron chi connectivity index (χ2n) is 6.48. The van der Waals surface area contributed by atoms with E-state index in [9.17, 15) is 8.42 Å². The molecule has 138 valence electrons. The molecule has 0 bridgehead atoms. The van der Waals surface area contributed by atoms with Crippen molar-refractivity contribution in [1.29, 1.82) is 0 Å². The third-order valence-corrected chi connectivity index (χ3v) is 5.96. The van der Waals surface area contributed by atoms with Crippen molar-refractivity contribution in [3.8, 4) is 5.75 Å². The monoisotopic (exact) mass is 372 g/mol. The highest BCUT2D eigenvalue weighted by molar-refractivity contribution is 7.89. The maximum atomic E-state index is 12.3. The second kappa shape index (κ2) is 7.51. The van der Waals surface area contributed by atoms with Gasteiger partial charge in [0.25, 0.3) is 0 Å². The number of sulfonamides is 1. The molecule has 0 fully saturated rings. The molecule has 2 aromatic carbocycles. The molecule has 1 N–H and O–H groups in total. The molecule has 3 rings (SSSR count). The summed E-state index contributed by atoms with van der Waals surface area (Å²) in [5, 5.41) is 1.12. The van der Waals surface area contributed by atoms with E-state index < -0.39 is 10.0 Å². The van der Waals surface area contributed by atoms with Gasteiger partial charge in [0.05, 0.1) is 12.9 Å². The van der Waals surface area contributed by atoms with Crippen molar-refractivity contribution >= 4 is 20.9 Å². The Hall–Kier alpha value is -2.31. The van der Waals surface area contributed by atoms with Crippen LogP contribution in [0.2, 0.25) is 0 Å². The summed E-state index contributed by atoms with van der Waals surface area (Å²) in [5.74, 6) is 0.784. The number of nitrogens with one attached hydrogen (secondary N) is 1. The lowest BCUT2D eigenvalue weighted by atomic mass is 10.1. The highest BCUT2D eigenvalue weighted by Crippen LogP contribution is 2.20. The molecule has 0 aliphatic rings. The predicted molar refractivity (Wildman–Crippen MR) is 105 cm³/mol. The van der Waals surface area contributed by atoms with Crippen LogP contribution in [0.4, 0.5) is 0 Å². The van der Waals surface area contributed by atoms with Crippen molar-refractivity contribution < 1.29 is 13.2 Å². The van der Waals surface area contributed by atoms with Crippen LogP contribution in [0.1, 0.15) is 16.8 Å². The number of hydrogen-bond donors (Lipinski definition) is 1. The minimum absolute atomic E-state index is 0.0485. The molecule has 6 heteroatoms. The van der Waals surface area contributed by atoms with E-state index in [0.717, 1.165) is 27.8 Å². The van der Waals surface area contributed by atoms with Crippen molar-refractivity contribution in [2.75, 3.05) is 12.9 Å². The minimum atomic E-state index is -3.35. The number of aryl methyl sites for hydroxylation is 3. The summed E-state index contributed by atoms with van der Waals surface area (Å²) in [6.45, 7) is 2.35. The Labute approximate surface area is 154 Å². The first-order valence-electron chi connectivity index (χ1n) is 8.53. The van der Waals surface area contributed by atoms with Crippen molar-refractivity contribution in [3.05, 3.63) is 65.4 Å². The van der Waals surface area contributed by atoms with Gasteiger partial charge in [-0.3, -0.25) is 0 Å². The summed E-state index contributed by atoms with van der Waals surface area (Å²) in [6, 6.07) is 15.6. The van der Waals surface area contributed by atoms with E-state index >= 15 is 0 Å². The van der Waals surface area contributed by atoms with Gasteiger partial charge in [0.15, 0.2) is 0 Å². The fourth-order valence-electron chi connectivity index (χ4n) is 2.99. The average molecular weight is 372 g/mol. The van der Waals surface area contributed by atoms with Gasteiger partial charge in [-0.2, -0.15) is 0 Å². The summed E-state index contributed by atoms with van der Waals surface area (Å²) < 4.78 is 34.6. The maximum absolute atomic E-state index is 12.3. The summed E-state index contributed by atoms with van der Waals surface area (Å²) in [4.78, 5) is 0. The molecule has 0 saturated carbocycles. The van der Waals surface area contributed by atoms with Crippen LogP contribution in [-0.4, -0.2) is 25.8 Å². The Bertz CT molecular complexity index is 1020. The number of fused-ring (bicyclic) bond motifs is 1. The zero-order valence-corrected chi connectivity index (χ0v) is 16.1. The lowest BCUT2D eigenvalue weighted by Gasteiger charge is -2.08. The molecule has 5 nitrogen and oxygen atoms in total. The van der Waals surface area contributed by atoms with E-state index in [1.54, 1.807) is 7.11 Å². The molecule has 0 saturated heterocycles. The fraction of sp³-hybridized carbons (Fsp3) is 0.300. The first-order chi connectivity index (χ1) is 12.4. The molecular weight excluding hydrogens is 348 g/mol. The van der Waals surface area contributed by atoms with Gasteiger partial charge in [-0.25, -0.2) is 13.1 Å². The molecule has 0 aliphatic carbocycles. The molecular formula is C20H24N2O3S. The molecule has 1 heterocycles. The normalized spacial score (nSPS) is 11.8. The summed E-state index contributed by atoms with van der Waals surface area (Å²) in [6.07, 6.45) is 0.448. The van der Waals surface area contributed by atoms with Gasteiger partial charge >= 0.3 is 0 Å². The quantitative estimate of drug-likeness (QED) is 0.693. The summed E-state index contributed by atoms with van der Waals surface area (Å²) in [5.41, 5.74) is 4.21. The Morgan fingerprint density at radius 1 is 1.08 bits per heavy atom. The van der Waals surface area contributed by atoms with E-state index in [1.807, 2.05) is 49.5 Å². The molecule has 26 heavy (non-hydrogen) atoms. The predicted octanol–water partition coefficient (Wildman–Crippen LogP) is 3.16. The number of nitrogens with zero attached hydrogens (tertiary/aromatic N) is 1. The molecule has 1 aromatic heterocycles. The number of rotatable bonds is 7. The van der Waals surface area contributed by atoms with E-state index in [0.29, 0.717) is 13.0 Å². The first kappa shape index (κ1) is 18.5. The third kappa shape index (κ3) is 4.26. The SMILES string of the molecule is COc1cccc(CCS(=O)(=O)NCc2ccc3c(c2)cc(C)n3C)c1. The van der Waals surface area contributed by atoms with Crippen molar-refractivity contribution in [2.24, 2.45) is 7.05 Å². The number of aromatic nitrogens is 1. The maximum Gasteiger partial charge on any atom is 0.212 e. The van der Waals surface area contributed by atoms with Gasteiger partial charge < -0.3 is 9.30 Å². The van der Waals surface area contributed by atoms with Gasteiger partial charge in [0.1, 0.15) is 5.75 Å². The standard InChI is InChI=1S/C20H24N2O3S/c1-15-11-18-12-17(7-8-20(18)22(15)2)14-21-26(23,24)10-9-16-5-4-6-19(13-16)25-3/h4-8,11-13,21H,9-10,14H2,1-3H3. The van der Waals surface area contributed by atoms with E-state index in [-0.39, 0.29) is 5.75 Å². The van der Waals surface area contributed by atoms with Crippen LogP contribution in [0.25, 0.3) is 10.9 Å². The van der Waals surface area contributed by atoms with Crippen LogP contribution < -0.4 is 9.46 Å². The Morgan fingerprint density at radius 3 is 2.65 bits per heavy atom. The van der Waals surface area contributed by atoms with Crippen molar-refractivity contribution in [3.63, 3.8) is 0 Å². The van der Waals surface area contributed by atoms with E-state index in [2.05, 4.69) is 22.3 Å². The smallest absolute Gasteiger partial charge is 0.212 e. The zero-order chi connectivity index (χ0) is 18.7. The topological polar surface area (TPSA) is 60.3 Å². The van der Waals surface area contributed by atoms with Crippen LogP contribution in [0, 0.1) is 6.92 Å². The van der Waals surface area contributed by atoms with Gasteiger partial charge in [0, 0.05) is 30.2 Å². The zero-order valence-electron chi connectivity index (χ0n) is 15.3. The van der Waals surface area contributed by atoms with Gasteiger partial charge in [0.2, 0.25) is 10.0 Å². The largest absolute Gasteiger partial charge is 0.497 e. The van der Waals surface area contributed by atoms with E-state index in [1.165, 1.54) is 5.69 Å². The Balaban J connectivity index is 1.62. The van der Waals surface area contributed by atoms with Gasteiger partial charge in [-0.05, 0) is 54.8 Å². The number of ether oxygens (including phenoxy) is 1. The van der Waals surface area contributed by atoms with E-state index in [4.69, 9.17) is 4.74 Å². The molecule has 0 spiro atoms. The lowest BCUT2D eigenvalue weighted by molar-refractivity contribution is 0.414. The number of methoxy groups -OCH3 is 1. The van der Waals surface area contributed by atoms with Crippen LogP contribution >= 0.6 is 0 Å².